The molecule has 0 radical (unpaired) electrons. The molecule has 70 valence electrons. The van der Waals surface area contributed by atoms with Crippen LogP contribution < -0.4 is 5.32 Å². The van der Waals surface area contributed by atoms with Gasteiger partial charge in [0.15, 0.2) is 0 Å². The van der Waals surface area contributed by atoms with E-state index in [0.717, 1.165) is 6.20 Å². The van der Waals surface area contributed by atoms with Crippen LogP contribution in [-0.2, 0) is 0 Å². The number of nitrogens with one attached hydrogen (secondary N) is 1. The van der Waals surface area contributed by atoms with Crippen LogP contribution in [-0.4, -0.2) is 33.1 Å². The average Bonchev–Trinajstić information content (AvgIpc) is 2.15. The summed E-state index contributed by atoms with van der Waals surface area (Å²) in [6.07, 6.45) is 2.30. The minimum atomic E-state index is -0.584. The number of nitrogens with zero attached hydrogens (tertiary/aromatic N) is 3. The van der Waals surface area contributed by atoms with E-state index < -0.39 is 4.92 Å². The molecule has 2 N–H and O–H groups in total. The minimum absolute atomic E-state index is 0.110. The molecular weight excluding hydrogens is 176 g/mol. The molecule has 0 saturated carbocycles. The van der Waals surface area contributed by atoms with Crippen LogP contribution in [0.25, 0.3) is 0 Å². The summed E-state index contributed by atoms with van der Waals surface area (Å²) >= 11 is 0. The minimum Gasteiger partial charge on any atom is -0.395 e. The molecule has 7 heteroatoms. The summed E-state index contributed by atoms with van der Waals surface area (Å²) in [5.74, 6) is 0.119. The van der Waals surface area contributed by atoms with Gasteiger partial charge in [-0.1, -0.05) is 0 Å². The van der Waals surface area contributed by atoms with E-state index in [1.165, 1.54) is 6.33 Å². The van der Waals surface area contributed by atoms with Crippen LogP contribution in [0.2, 0.25) is 0 Å². The Morgan fingerprint density at radius 3 is 3.08 bits per heavy atom. The van der Waals surface area contributed by atoms with Crippen molar-refractivity contribution in [1.29, 1.82) is 0 Å². The molecule has 0 fully saturated rings. The van der Waals surface area contributed by atoms with Crippen LogP contribution in [0.3, 0.4) is 0 Å². The number of hydrogen-bond donors (Lipinski definition) is 2. The Morgan fingerprint density at radius 2 is 2.46 bits per heavy atom. The van der Waals surface area contributed by atoms with E-state index in [4.69, 9.17) is 5.11 Å². The van der Waals surface area contributed by atoms with Gasteiger partial charge in [0, 0.05) is 6.54 Å². The standard InChI is InChI=1S/C6H8N4O3/c11-2-1-8-6-5(10(12)13)3-7-4-9-6/h3-4,11H,1-2H2,(H,7,8,9). The van der Waals surface area contributed by atoms with Crippen molar-refractivity contribution >= 4 is 11.5 Å². The zero-order chi connectivity index (χ0) is 9.68. The Labute approximate surface area is 73.6 Å². The highest BCUT2D eigenvalue weighted by Crippen LogP contribution is 2.18. The molecule has 0 aromatic carbocycles. The molecule has 0 aliphatic heterocycles. The van der Waals surface area contributed by atoms with E-state index in [0.29, 0.717) is 0 Å². The third-order valence-electron chi connectivity index (χ3n) is 1.29. The van der Waals surface area contributed by atoms with Gasteiger partial charge >= 0.3 is 5.69 Å². The van der Waals surface area contributed by atoms with Gasteiger partial charge in [-0.25, -0.2) is 9.97 Å². The van der Waals surface area contributed by atoms with Crippen LogP contribution in [0, 0.1) is 10.1 Å². The second-order valence-electron chi connectivity index (χ2n) is 2.16. The SMILES string of the molecule is O=[N+]([O-])c1cncnc1NCCO. The summed E-state index contributed by atoms with van der Waals surface area (Å²) in [5, 5.41) is 21.5. The first-order chi connectivity index (χ1) is 6.25. The van der Waals surface area contributed by atoms with Gasteiger partial charge in [0.1, 0.15) is 12.5 Å². The van der Waals surface area contributed by atoms with Crippen LogP contribution in [0.4, 0.5) is 11.5 Å². The quantitative estimate of drug-likeness (QED) is 0.496. The molecule has 0 bridgehead atoms. The lowest BCUT2D eigenvalue weighted by Gasteiger charge is -2.01. The molecular formula is C6H8N4O3. The normalized spacial score (nSPS) is 9.62. The van der Waals surface area contributed by atoms with Gasteiger partial charge in [0.25, 0.3) is 0 Å². The molecule has 0 saturated heterocycles. The predicted molar refractivity (Wildman–Crippen MR) is 44.3 cm³/mol. The fourth-order valence-electron chi connectivity index (χ4n) is 0.766. The fraction of sp³-hybridized carbons (Fsp3) is 0.333. The first-order valence-electron chi connectivity index (χ1n) is 3.55. The predicted octanol–water partition coefficient (Wildman–Crippen LogP) is -0.211. The second kappa shape index (κ2) is 4.31. The highest BCUT2D eigenvalue weighted by atomic mass is 16.6. The molecule has 0 spiro atoms. The fourth-order valence-corrected chi connectivity index (χ4v) is 0.766. The van der Waals surface area contributed by atoms with E-state index >= 15 is 0 Å². The van der Waals surface area contributed by atoms with Gasteiger partial charge in [-0.15, -0.1) is 0 Å². The maximum Gasteiger partial charge on any atom is 0.329 e. The Kier molecular flexibility index (Phi) is 3.09. The molecule has 0 aliphatic rings. The Balaban J connectivity index is 2.84. The second-order valence-corrected chi connectivity index (χ2v) is 2.16. The van der Waals surface area contributed by atoms with Crippen molar-refractivity contribution in [2.24, 2.45) is 0 Å². The van der Waals surface area contributed by atoms with Crippen LogP contribution >= 0.6 is 0 Å². The zero-order valence-electron chi connectivity index (χ0n) is 6.67. The van der Waals surface area contributed by atoms with Gasteiger partial charge in [-0.3, -0.25) is 10.1 Å². The first kappa shape index (κ1) is 9.33. The number of rotatable bonds is 4. The Morgan fingerprint density at radius 1 is 1.69 bits per heavy atom. The molecule has 1 rings (SSSR count). The number of anilines is 1. The van der Waals surface area contributed by atoms with Gasteiger partial charge in [0.2, 0.25) is 5.82 Å². The largest absolute Gasteiger partial charge is 0.395 e. The van der Waals surface area contributed by atoms with E-state index in [1.807, 2.05) is 0 Å². The first-order valence-corrected chi connectivity index (χ1v) is 3.55. The van der Waals surface area contributed by atoms with Crippen molar-refractivity contribution in [3.8, 4) is 0 Å². The Bertz CT molecular complexity index is 304. The molecule has 13 heavy (non-hydrogen) atoms. The molecule has 0 amide bonds. The molecule has 7 nitrogen and oxygen atoms in total. The summed E-state index contributed by atoms with van der Waals surface area (Å²) in [7, 11) is 0. The lowest BCUT2D eigenvalue weighted by atomic mass is 10.5. The van der Waals surface area contributed by atoms with Crippen molar-refractivity contribution < 1.29 is 10.0 Å². The van der Waals surface area contributed by atoms with E-state index in [1.54, 1.807) is 0 Å². The Hall–Kier alpha value is -1.76. The van der Waals surface area contributed by atoms with E-state index in [2.05, 4.69) is 15.3 Å². The molecule has 0 unspecified atom stereocenters. The third kappa shape index (κ3) is 2.34. The van der Waals surface area contributed by atoms with Crippen LogP contribution in [0.5, 0.6) is 0 Å². The van der Waals surface area contributed by atoms with Gasteiger partial charge < -0.3 is 10.4 Å². The summed E-state index contributed by atoms with van der Waals surface area (Å²) < 4.78 is 0. The molecule has 0 atom stereocenters. The van der Waals surface area contributed by atoms with E-state index in [9.17, 15) is 10.1 Å². The third-order valence-corrected chi connectivity index (χ3v) is 1.29. The topological polar surface area (TPSA) is 101 Å². The van der Waals surface area contributed by atoms with Crippen LogP contribution in [0.1, 0.15) is 0 Å². The van der Waals surface area contributed by atoms with Crippen molar-refractivity contribution in [2.45, 2.75) is 0 Å². The van der Waals surface area contributed by atoms with E-state index in [-0.39, 0.29) is 24.7 Å². The summed E-state index contributed by atoms with van der Waals surface area (Å²) in [5.41, 5.74) is -0.198. The maximum absolute atomic E-state index is 10.4. The lowest BCUT2D eigenvalue weighted by molar-refractivity contribution is -0.384. The van der Waals surface area contributed by atoms with Crippen molar-refractivity contribution in [3.05, 3.63) is 22.6 Å². The summed E-state index contributed by atoms with van der Waals surface area (Å²) in [6.45, 7) is 0.110. The molecule has 1 heterocycles. The zero-order valence-corrected chi connectivity index (χ0v) is 6.67. The molecule has 1 aromatic rings. The highest BCUT2D eigenvalue weighted by Gasteiger charge is 2.13. The molecule has 0 aliphatic carbocycles. The maximum atomic E-state index is 10.4. The number of aromatic nitrogens is 2. The number of aliphatic hydroxyl groups excluding tert-OH is 1. The summed E-state index contributed by atoms with van der Waals surface area (Å²) in [4.78, 5) is 17.0. The lowest BCUT2D eigenvalue weighted by Crippen LogP contribution is -2.09. The van der Waals surface area contributed by atoms with Gasteiger partial charge in [0.05, 0.1) is 11.5 Å². The highest BCUT2D eigenvalue weighted by molar-refractivity contribution is 5.53. The number of nitro groups is 1. The van der Waals surface area contributed by atoms with Crippen molar-refractivity contribution in [1.82, 2.24) is 9.97 Å². The monoisotopic (exact) mass is 184 g/mol. The number of hydrogen-bond acceptors (Lipinski definition) is 6. The average molecular weight is 184 g/mol. The van der Waals surface area contributed by atoms with Gasteiger partial charge in [-0.2, -0.15) is 0 Å². The number of aliphatic hydroxyl groups is 1. The van der Waals surface area contributed by atoms with Crippen LogP contribution in [0.15, 0.2) is 12.5 Å². The van der Waals surface area contributed by atoms with Crippen molar-refractivity contribution in [2.75, 3.05) is 18.5 Å². The summed E-state index contributed by atoms with van der Waals surface area (Å²) in [6, 6.07) is 0. The van der Waals surface area contributed by atoms with Gasteiger partial charge in [-0.05, 0) is 0 Å². The van der Waals surface area contributed by atoms with Crippen molar-refractivity contribution in [3.63, 3.8) is 0 Å². The molecule has 1 aromatic heterocycles. The smallest absolute Gasteiger partial charge is 0.329 e.